The van der Waals surface area contributed by atoms with Gasteiger partial charge in [0.2, 0.25) is 5.52 Å². The Labute approximate surface area is 171 Å². The Kier molecular flexibility index (Phi) is 5.45. The maximum absolute atomic E-state index is 2.51. The molecule has 28 heavy (non-hydrogen) atoms. The highest BCUT2D eigenvalue weighted by molar-refractivity contribution is 7.19. The molecule has 1 aromatic heterocycles. The molecular formula is C25H27N2S+. The smallest absolute Gasteiger partial charge is 0.262 e. The van der Waals surface area contributed by atoms with Gasteiger partial charge in [-0.15, -0.1) is 0 Å². The molecule has 0 aliphatic heterocycles. The van der Waals surface area contributed by atoms with Gasteiger partial charge in [-0.2, -0.15) is 4.57 Å². The number of aromatic nitrogens is 1. The zero-order valence-electron chi connectivity index (χ0n) is 16.9. The number of nitrogens with zero attached hydrogens (tertiary/aromatic N) is 2. The summed E-state index contributed by atoms with van der Waals surface area (Å²) >= 11 is 1.88. The lowest BCUT2D eigenvalue weighted by atomic mass is 10.1. The lowest BCUT2D eigenvalue weighted by Crippen LogP contribution is -2.35. The van der Waals surface area contributed by atoms with Crippen LogP contribution in [0, 0.1) is 0 Å². The van der Waals surface area contributed by atoms with Crippen LogP contribution in [0.2, 0.25) is 0 Å². The van der Waals surface area contributed by atoms with E-state index in [0.29, 0.717) is 0 Å². The number of fused-ring (bicyclic) bond motifs is 3. The predicted molar refractivity (Wildman–Crippen MR) is 124 cm³/mol. The van der Waals surface area contributed by atoms with Crippen LogP contribution < -0.4 is 9.47 Å². The van der Waals surface area contributed by atoms with Crippen LogP contribution in [0.3, 0.4) is 0 Å². The van der Waals surface area contributed by atoms with Crippen molar-refractivity contribution in [1.82, 2.24) is 0 Å². The monoisotopic (exact) mass is 387 g/mol. The van der Waals surface area contributed by atoms with Crippen molar-refractivity contribution >= 4 is 50.2 Å². The minimum Gasteiger partial charge on any atom is -0.378 e. The second kappa shape index (κ2) is 8.15. The van der Waals surface area contributed by atoms with Gasteiger partial charge in [-0.25, -0.2) is 0 Å². The van der Waals surface area contributed by atoms with Crippen molar-refractivity contribution in [3.63, 3.8) is 0 Å². The van der Waals surface area contributed by atoms with E-state index in [1.807, 2.05) is 11.3 Å². The third kappa shape index (κ3) is 3.67. The molecule has 0 spiro atoms. The molecule has 3 heteroatoms. The fraction of sp³-hybridized carbons (Fsp3) is 0.240. The topological polar surface area (TPSA) is 7.12 Å². The average molecular weight is 388 g/mol. The first-order chi connectivity index (χ1) is 13.7. The highest BCUT2D eigenvalue weighted by Gasteiger charge is 2.20. The van der Waals surface area contributed by atoms with Gasteiger partial charge >= 0.3 is 0 Å². The second-order valence-corrected chi connectivity index (χ2v) is 8.46. The molecule has 0 aliphatic carbocycles. The molecule has 0 aliphatic rings. The van der Waals surface area contributed by atoms with Crippen molar-refractivity contribution in [3.05, 3.63) is 71.2 Å². The molecule has 0 atom stereocenters. The van der Waals surface area contributed by atoms with Crippen LogP contribution >= 0.6 is 11.3 Å². The summed E-state index contributed by atoms with van der Waals surface area (Å²) in [5, 5.41) is 3.98. The molecule has 3 aromatic carbocycles. The van der Waals surface area contributed by atoms with Crippen LogP contribution in [0.15, 0.2) is 60.7 Å². The van der Waals surface area contributed by atoms with Crippen molar-refractivity contribution < 1.29 is 4.57 Å². The first-order valence-corrected chi connectivity index (χ1v) is 10.8. The highest BCUT2D eigenvalue weighted by atomic mass is 32.1. The number of benzene rings is 3. The van der Waals surface area contributed by atoms with E-state index >= 15 is 0 Å². The molecule has 0 fully saturated rings. The van der Waals surface area contributed by atoms with E-state index in [4.69, 9.17) is 0 Å². The molecule has 0 N–H and O–H groups in total. The molecule has 2 nitrogen and oxygen atoms in total. The van der Waals surface area contributed by atoms with Crippen molar-refractivity contribution in [2.45, 2.75) is 26.3 Å². The number of rotatable bonds is 6. The van der Waals surface area contributed by atoms with Crippen LogP contribution in [0.4, 0.5) is 5.69 Å². The summed E-state index contributed by atoms with van der Waals surface area (Å²) < 4.78 is 3.87. The molecule has 4 rings (SSSR count). The standard InChI is InChI=1S/C25H27N2S/c1-4-5-18-27-24(17-12-19-10-14-21(15-11-19)26(2)3)28-23-16-13-20-8-6-7-9-22(20)25(23)27/h6-17H,4-5,18H2,1-3H3/q+1. The first kappa shape index (κ1) is 18.7. The minimum absolute atomic E-state index is 1.06. The van der Waals surface area contributed by atoms with Crippen molar-refractivity contribution in [2.24, 2.45) is 0 Å². The Balaban J connectivity index is 1.78. The fourth-order valence-corrected chi connectivity index (χ4v) is 4.69. The van der Waals surface area contributed by atoms with Gasteiger partial charge in [0, 0.05) is 32.3 Å². The van der Waals surface area contributed by atoms with Gasteiger partial charge in [0.25, 0.3) is 5.01 Å². The van der Waals surface area contributed by atoms with Crippen LogP contribution in [0.5, 0.6) is 0 Å². The summed E-state index contributed by atoms with van der Waals surface area (Å²) in [5.74, 6) is 0. The summed E-state index contributed by atoms with van der Waals surface area (Å²) in [6.07, 6.45) is 6.90. The number of unbranched alkanes of at least 4 members (excludes halogenated alkanes) is 1. The number of hydrogen-bond acceptors (Lipinski definition) is 2. The van der Waals surface area contributed by atoms with Crippen LogP contribution in [0.25, 0.3) is 33.1 Å². The molecule has 0 amide bonds. The molecule has 142 valence electrons. The number of thiazole rings is 1. The summed E-state index contributed by atoms with van der Waals surface area (Å²) in [4.78, 5) is 2.13. The minimum atomic E-state index is 1.06. The Bertz CT molecular complexity index is 1120. The molecule has 4 aromatic rings. The summed E-state index contributed by atoms with van der Waals surface area (Å²) in [6.45, 7) is 3.32. The summed E-state index contributed by atoms with van der Waals surface area (Å²) in [5.41, 5.74) is 3.83. The van der Waals surface area contributed by atoms with Crippen LogP contribution in [0.1, 0.15) is 30.3 Å². The third-order valence-electron chi connectivity index (χ3n) is 5.18. The predicted octanol–water partition coefficient (Wildman–Crippen LogP) is 6.38. The van der Waals surface area contributed by atoms with Gasteiger partial charge in [0.05, 0.1) is 5.39 Å². The van der Waals surface area contributed by atoms with Crippen molar-refractivity contribution in [2.75, 3.05) is 19.0 Å². The van der Waals surface area contributed by atoms with E-state index in [9.17, 15) is 0 Å². The molecule has 0 bridgehead atoms. The average Bonchev–Trinajstić information content (AvgIpc) is 3.09. The van der Waals surface area contributed by atoms with E-state index in [1.54, 1.807) is 0 Å². The maximum Gasteiger partial charge on any atom is 0.262 e. The van der Waals surface area contributed by atoms with E-state index in [-0.39, 0.29) is 0 Å². The molecule has 1 heterocycles. The molecule has 0 saturated carbocycles. The van der Waals surface area contributed by atoms with E-state index in [0.717, 1.165) is 6.54 Å². The Morgan fingerprint density at radius 2 is 1.71 bits per heavy atom. The van der Waals surface area contributed by atoms with Gasteiger partial charge in [0.1, 0.15) is 4.70 Å². The Hall–Kier alpha value is -2.65. The second-order valence-electron chi connectivity index (χ2n) is 7.40. The van der Waals surface area contributed by atoms with Crippen LogP contribution in [-0.4, -0.2) is 14.1 Å². The van der Waals surface area contributed by atoms with Gasteiger partial charge < -0.3 is 4.90 Å². The lowest BCUT2D eigenvalue weighted by molar-refractivity contribution is -0.668. The maximum atomic E-state index is 2.51. The molecule has 0 radical (unpaired) electrons. The van der Waals surface area contributed by atoms with Gasteiger partial charge in [-0.1, -0.05) is 61.1 Å². The zero-order valence-corrected chi connectivity index (χ0v) is 17.7. The normalized spacial score (nSPS) is 11.7. The molecule has 0 unspecified atom stereocenters. The fourth-order valence-electron chi connectivity index (χ4n) is 3.59. The number of hydrogen-bond donors (Lipinski definition) is 0. The van der Waals surface area contributed by atoms with E-state index in [1.165, 1.54) is 50.1 Å². The Morgan fingerprint density at radius 1 is 0.929 bits per heavy atom. The zero-order chi connectivity index (χ0) is 19.5. The number of aryl methyl sites for hydroxylation is 1. The highest BCUT2D eigenvalue weighted by Crippen LogP contribution is 2.29. The van der Waals surface area contributed by atoms with E-state index < -0.39 is 0 Å². The summed E-state index contributed by atoms with van der Waals surface area (Å²) in [7, 11) is 4.14. The van der Waals surface area contributed by atoms with Crippen molar-refractivity contribution in [3.8, 4) is 0 Å². The quantitative estimate of drug-likeness (QED) is 0.348. The lowest BCUT2D eigenvalue weighted by Gasteiger charge is -2.11. The van der Waals surface area contributed by atoms with Crippen LogP contribution in [-0.2, 0) is 6.54 Å². The van der Waals surface area contributed by atoms with Gasteiger partial charge in [-0.05, 0) is 41.3 Å². The van der Waals surface area contributed by atoms with E-state index in [2.05, 4.69) is 103 Å². The Morgan fingerprint density at radius 3 is 2.46 bits per heavy atom. The summed E-state index contributed by atoms with van der Waals surface area (Å²) in [6, 6.07) is 21.9. The van der Waals surface area contributed by atoms with Crippen molar-refractivity contribution in [1.29, 1.82) is 0 Å². The van der Waals surface area contributed by atoms with Gasteiger partial charge in [0.15, 0.2) is 6.54 Å². The molecule has 0 saturated heterocycles. The third-order valence-corrected chi connectivity index (χ3v) is 6.29. The molecular weight excluding hydrogens is 360 g/mol. The largest absolute Gasteiger partial charge is 0.378 e. The van der Waals surface area contributed by atoms with Gasteiger partial charge in [-0.3, -0.25) is 0 Å². The number of anilines is 1. The SMILES string of the molecule is CCCC[n+]1c(C=Cc2ccc(N(C)C)cc2)sc2ccc3ccccc3c21. The first-order valence-electron chi connectivity index (χ1n) is 9.97.